The Bertz CT molecular complexity index is 725. The Morgan fingerprint density at radius 2 is 2.08 bits per heavy atom. The van der Waals surface area contributed by atoms with E-state index in [9.17, 15) is 0 Å². The Morgan fingerprint density at radius 3 is 2.73 bits per heavy atom. The van der Waals surface area contributed by atoms with E-state index in [4.69, 9.17) is 4.98 Å². The fourth-order valence-electron chi connectivity index (χ4n) is 3.28. The molecule has 0 bridgehead atoms. The zero-order valence-electron chi connectivity index (χ0n) is 16.1. The molecule has 0 radical (unpaired) electrons. The molecule has 1 saturated heterocycles. The predicted molar refractivity (Wildman–Crippen MR) is 111 cm³/mol. The summed E-state index contributed by atoms with van der Waals surface area (Å²) in [6, 6.07) is 11.3. The summed E-state index contributed by atoms with van der Waals surface area (Å²) in [5.74, 6) is 1.46. The minimum atomic E-state index is 0.430. The van der Waals surface area contributed by atoms with Gasteiger partial charge in [0, 0.05) is 43.2 Å². The highest BCUT2D eigenvalue weighted by Crippen LogP contribution is 2.21. The maximum atomic E-state index is 4.73. The van der Waals surface area contributed by atoms with Crippen molar-refractivity contribution < 1.29 is 0 Å². The molecule has 1 aromatic heterocycles. The van der Waals surface area contributed by atoms with Crippen molar-refractivity contribution in [3.8, 4) is 11.3 Å². The summed E-state index contributed by atoms with van der Waals surface area (Å²) in [6.07, 6.45) is 0. The smallest absolute Gasteiger partial charge is 0.191 e. The predicted octanol–water partition coefficient (Wildman–Crippen LogP) is 3.20. The Labute approximate surface area is 160 Å². The van der Waals surface area contributed by atoms with Crippen LogP contribution >= 0.6 is 11.3 Å². The molecule has 2 N–H and O–H groups in total. The second-order valence-corrected chi connectivity index (χ2v) is 8.14. The molecule has 0 saturated carbocycles. The van der Waals surface area contributed by atoms with Gasteiger partial charge in [0.2, 0.25) is 0 Å². The number of rotatable bonds is 5. The highest BCUT2D eigenvalue weighted by molar-refractivity contribution is 7.09. The van der Waals surface area contributed by atoms with Gasteiger partial charge in [-0.05, 0) is 19.8 Å². The van der Waals surface area contributed by atoms with Crippen molar-refractivity contribution in [1.29, 1.82) is 0 Å². The fourth-order valence-corrected chi connectivity index (χ4v) is 4.02. The molecule has 2 atom stereocenters. The van der Waals surface area contributed by atoms with E-state index in [0.717, 1.165) is 35.3 Å². The van der Waals surface area contributed by atoms with Gasteiger partial charge in [-0.1, -0.05) is 37.3 Å². The molecule has 0 spiro atoms. The molecule has 0 aliphatic carbocycles. The van der Waals surface area contributed by atoms with Crippen molar-refractivity contribution in [3.05, 3.63) is 40.7 Å². The first-order valence-corrected chi connectivity index (χ1v) is 10.2. The number of aromatic nitrogens is 1. The third-order valence-electron chi connectivity index (χ3n) is 4.94. The highest BCUT2D eigenvalue weighted by atomic mass is 32.1. The van der Waals surface area contributed by atoms with Gasteiger partial charge in [0.15, 0.2) is 5.96 Å². The number of aliphatic imine (C=N–C) groups is 1. The van der Waals surface area contributed by atoms with E-state index >= 15 is 0 Å². The topological polar surface area (TPSA) is 52.6 Å². The van der Waals surface area contributed by atoms with Crippen LogP contribution < -0.4 is 10.6 Å². The number of hydrogen-bond acceptors (Lipinski definition) is 4. The SMILES string of the molecule is CN=C(NCc1nc(-c2ccccc2)cs1)NC1CN(C(C)C)CC1C. The lowest BCUT2D eigenvalue weighted by Crippen LogP contribution is -2.46. The van der Waals surface area contributed by atoms with Crippen LogP contribution in [0.1, 0.15) is 25.8 Å². The molecular weight excluding hydrogens is 342 g/mol. The molecule has 2 aromatic rings. The second kappa shape index (κ2) is 8.64. The first-order valence-electron chi connectivity index (χ1n) is 9.28. The Balaban J connectivity index is 1.54. The largest absolute Gasteiger partial charge is 0.352 e. The standard InChI is InChI=1S/C20H29N5S/c1-14(2)25-11-15(3)17(12-25)24-20(21-4)22-10-19-23-18(13-26-19)16-8-6-5-7-9-16/h5-9,13-15,17H,10-12H2,1-4H3,(H2,21,22,24). The van der Waals surface area contributed by atoms with E-state index in [1.165, 1.54) is 0 Å². The summed E-state index contributed by atoms with van der Waals surface area (Å²) >= 11 is 1.68. The maximum absolute atomic E-state index is 4.73. The summed E-state index contributed by atoms with van der Waals surface area (Å²) in [4.78, 5) is 11.6. The van der Waals surface area contributed by atoms with E-state index in [0.29, 0.717) is 24.5 Å². The van der Waals surface area contributed by atoms with Crippen LogP contribution in [-0.4, -0.2) is 48.1 Å². The molecule has 2 unspecified atom stereocenters. The number of benzene rings is 1. The lowest BCUT2D eigenvalue weighted by Gasteiger charge is -2.21. The van der Waals surface area contributed by atoms with E-state index in [1.807, 2.05) is 25.2 Å². The number of nitrogens with zero attached hydrogens (tertiary/aromatic N) is 3. The summed E-state index contributed by atoms with van der Waals surface area (Å²) in [6.45, 7) is 9.71. The molecule has 3 rings (SSSR count). The minimum absolute atomic E-state index is 0.430. The lowest BCUT2D eigenvalue weighted by atomic mass is 10.1. The zero-order chi connectivity index (χ0) is 18.5. The van der Waals surface area contributed by atoms with E-state index in [1.54, 1.807) is 11.3 Å². The van der Waals surface area contributed by atoms with Crippen molar-refractivity contribution in [2.45, 2.75) is 39.4 Å². The van der Waals surface area contributed by atoms with Gasteiger partial charge in [-0.2, -0.15) is 0 Å². The van der Waals surface area contributed by atoms with Crippen LogP contribution in [0.25, 0.3) is 11.3 Å². The number of guanidine groups is 1. The Hall–Kier alpha value is -1.92. The Morgan fingerprint density at radius 1 is 1.31 bits per heavy atom. The zero-order valence-corrected chi connectivity index (χ0v) is 16.9. The van der Waals surface area contributed by atoms with Crippen LogP contribution in [0.5, 0.6) is 0 Å². The molecule has 2 heterocycles. The van der Waals surface area contributed by atoms with Crippen molar-refractivity contribution in [3.63, 3.8) is 0 Å². The first-order chi connectivity index (χ1) is 12.6. The first kappa shape index (κ1) is 18.9. The van der Waals surface area contributed by atoms with Crippen LogP contribution in [0, 0.1) is 5.92 Å². The second-order valence-electron chi connectivity index (χ2n) is 7.19. The molecule has 1 aliphatic heterocycles. The van der Waals surface area contributed by atoms with Crippen LogP contribution in [0.15, 0.2) is 40.7 Å². The van der Waals surface area contributed by atoms with E-state index in [2.05, 4.69) is 58.8 Å². The van der Waals surface area contributed by atoms with Gasteiger partial charge in [-0.25, -0.2) is 4.98 Å². The molecular formula is C20H29N5S. The molecule has 26 heavy (non-hydrogen) atoms. The van der Waals surface area contributed by atoms with Crippen LogP contribution in [0.4, 0.5) is 0 Å². The van der Waals surface area contributed by atoms with Gasteiger partial charge in [0.05, 0.1) is 12.2 Å². The number of likely N-dealkylation sites (tertiary alicyclic amines) is 1. The average molecular weight is 372 g/mol. The van der Waals surface area contributed by atoms with Gasteiger partial charge < -0.3 is 10.6 Å². The normalized spacial score (nSPS) is 21.3. The lowest BCUT2D eigenvalue weighted by molar-refractivity contribution is 0.265. The quantitative estimate of drug-likeness (QED) is 0.626. The van der Waals surface area contributed by atoms with Crippen molar-refractivity contribution >= 4 is 17.3 Å². The van der Waals surface area contributed by atoms with Crippen molar-refractivity contribution in [2.75, 3.05) is 20.1 Å². The monoisotopic (exact) mass is 371 g/mol. The summed E-state index contributed by atoms with van der Waals surface area (Å²) in [5, 5.41) is 10.2. The van der Waals surface area contributed by atoms with Crippen LogP contribution in [0.2, 0.25) is 0 Å². The van der Waals surface area contributed by atoms with E-state index in [-0.39, 0.29) is 0 Å². The van der Waals surface area contributed by atoms with Crippen LogP contribution in [-0.2, 0) is 6.54 Å². The van der Waals surface area contributed by atoms with Crippen LogP contribution in [0.3, 0.4) is 0 Å². The van der Waals surface area contributed by atoms with E-state index < -0.39 is 0 Å². The molecule has 1 aliphatic rings. The van der Waals surface area contributed by atoms with Gasteiger partial charge >= 0.3 is 0 Å². The molecule has 1 fully saturated rings. The van der Waals surface area contributed by atoms with Gasteiger partial charge in [-0.15, -0.1) is 11.3 Å². The van der Waals surface area contributed by atoms with Crippen molar-refractivity contribution in [1.82, 2.24) is 20.5 Å². The average Bonchev–Trinajstić information content (AvgIpc) is 3.26. The molecule has 1 aromatic carbocycles. The summed E-state index contributed by atoms with van der Waals surface area (Å²) in [5.41, 5.74) is 2.19. The van der Waals surface area contributed by atoms with Crippen molar-refractivity contribution in [2.24, 2.45) is 10.9 Å². The van der Waals surface area contributed by atoms with Gasteiger partial charge in [0.25, 0.3) is 0 Å². The Kier molecular flexibility index (Phi) is 6.27. The summed E-state index contributed by atoms with van der Waals surface area (Å²) in [7, 11) is 1.83. The molecule has 140 valence electrons. The third kappa shape index (κ3) is 4.62. The molecule has 0 amide bonds. The summed E-state index contributed by atoms with van der Waals surface area (Å²) < 4.78 is 0. The molecule has 6 heteroatoms. The fraction of sp³-hybridized carbons (Fsp3) is 0.500. The third-order valence-corrected chi connectivity index (χ3v) is 5.79. The number of hydrogen-bond donors (Lipinski definition) is 2. The van der Waals surface area contributed by atoms with Gasteiger partial charge in [0.1, 0.15) is 5.01 Å². The molecule has 5 nitrogen and oxygen atoms in total. The maximum Gasteiger partial charge on any atom is 0.191 e. The number of nitrogens with one attached hydrogen (secondary N) is 2. The highest BCUT2D eigenvalue weighted by Gasteiger charge is 2.31. The minimum Gasteiger partial charge on any atom is -0.352 e. The van der Waals surface area contributed by atoms with Gasteiger partial charge in [-0.3, -0.25) is 9.89 Å². The number of thiazole rings is 1.